The van der Waals surface area contributed by atoms with E-state index in [1.807, 2.05) is 73.9 Å². The number of esters is 1. The quantitative estimate of drug-likeness (QED) is 0.121. The van der Waals surface area contributed by atoms with E-state index in [9.17, 15) is 9.59 Å². The summed E-state index contributed by atoms with van der Waals surface area (Å²) in [5.41, 5.74) is 3.34. The molecule has 190 valence electrons. The summed E-state index contributed by atoms with van der Waals surface area (Å²) in [6.45, 7) is 4.06. The predicted octanol–water partition coefficient (Wildman–Crippen LogP) is 3.68. The van der Waals surface area contributed by atoms with Crippen molar-refractivity contribution in [1.82, 2.24) is 0 Å². The molecule has 0 aliphatic carbocycles. The fraction of sp³-hybridized carbons (Fsp3) is 0.167. The molecule has 4 nitrogen and oxygen atoms in total. The van der Waals surface area contributed by atoms with Gasteiger partial charge in [0.25, 0.3) is 0 Å². The van der Waals surface area contributed by atoms with E-state index in [4.69, 9.17) is 4.74 Å². The standard InChI is InChI=1S/C30H28NO3S2.BrH/c1-3-34-29(33)28(31-18-16-22(2)17-19-31)30(36-21-27(32)24-11-5-4-6-12-24)35-20-25-14-9-13-23-10-7-8-15-26(23)25;/h4-19H,3,20-21H2,1-2H3;1H/q+1;/p-1/b30-28-;. The van der Waals surface area contributed by atoms with Gasteiger partial charge in [-0.2, -0.15) is 4.57 Å². The molecule has 0 atom stereocenters. The van der Waals surface area contributed by atoms with E-state index in [2.05, 4.69) is 30.3 Å². The molecule has 1 aromatic heterocycles. The molecule has 0 saturated carbocycles. The van der Waals surface area contributed by atoms with Crippen LogP contribution in [0.2, 0.25) is 0 Å². The summed E-state index contributed by atoms with van der Waals surface area (Å²) in [5, 5.41) is 2.35. The van der Waals surface area contributed by atoms with Gasteiger partial charge in [0.1, 0.15) is 4.24 Å². The number of carbonyl (C=O) groups is 2. The van der Waals surface area contributed by atoms with Crippen LogP contribution in [0, 0.1) is 6.92 Å². The molecule has 4 aromatic rings. The largest absolute Gasteiger partial charge is 1.00 e. The number of ether oxygens (including phenoxy) is 1. The van der Waals surface area contributed by atoms with Gasteiger partial charge >= 0.3 is 11.7 Å². The zero-order valence-electron chi connectivity index (χ0n) is 20.7. The third-order valence-corrected chi connectivity index (χ3v) is 8.07. The monoisotopic (exact) mass is 593 g/mol. The smallest absolute Gasteiger partial charge is 0.405 e. The van der Waals surface area contributed by atoms with Gasteiger partial charge in [0.15, 0.2) is 18.2 Å². The number of thioether (sulfide) groups is 2. The molecule has 0 spiro atoms. The highest BCUT2D eigenvalue weighted by atomic mass is 79.9. The number of hydrogen-bond donors (Lipinski definition) is 0. The Morgan fingerprint density at radius 3 is 2.24 bits per heavy atom. The molecular formula is C30H28BrNO3S2. The number of benzene rings is 3. The Balaban J connectivity index is 0.00000380. The molecule has 3 aromatic carbocycles. The fourth-order valence-corrected chi connectivity index (χ4v) is 6.03. The second-order valence-corrected chi connectivity index (χ2v) is 10.4. The van der Waals surface area contributed by atoms with Crippen molar-refractivity contribution < 1.29 is 35.9 Å². The predicted molar refractivity (Wildman–Crippen MR) is 150 cm³/mol. The molecule has 0 fully saturated rings. The van der Waals surface area contributed by atoms with Crippen LogP contribution in [-0.2, 0) is 15.3 Å². The topological polar surface area (TPSA) is 47.3 Å². The number of aryl methyl sites for hydroxylation is 1. The average Bonchev–Trinajstić information content (AvgIpc) is 2.91. The van der Waals surface area contributed by atoms with Crippen LogP contribution in [0.15, 0.2) is 102 Å². The summed E-state index contributed by atoms with van der Waals surface area (Å²) >= 11 is 2.94. The number of rotatable bonds is 10. The maximum Gasteiger partial charge on any atom is 0.405 e. The summed E-state index contributed by atoms with van der Waals surface area (Å²) in [6, 6.07) is 27.7. The van der Waals surface area contributed by atoms with E-state index < -0.39 is 5.97 Å². The Bertz CT molecular complexity index is 1380. The van der Waals surface area contributed by atoms with Gasteiger partial charge in [-0.1, -0.05) is 72.8 Å². The highest BCUT2D eigenvalue weighted by Gasteiger charge is 2.29. The van der Waals surface area contributed by atoms with Crippen molar-refractivity contribution in [2.45, 2.75) is 19.6 Å². The summed E-state index contributed by atoms with van der Waals surface area (Å²) in [5.74, 6) is 0.475. The van der Waals surface area contributed by atoms with Gasteiger partial charge in [-0.05, 0) is 35.7 Å². The lowest BCUT2D eigenvalue weighted by atomic mass is 10.1. The van der Waals surface area contributed by atoms with Crippen molar-refractivity contribution in [2.75, 3.05) is 12.4 Å². The Morgan fingerprint density at radius 2 is 1.51 bits per heavy atom. The van der Waals surface area contributed by atoms with Gasteiger partial charge in [0, 0.05) is 23.4 Å². The number of aromatic nitrogens is 1. The Kier molecular flexibility index (Phi) is 11.0. The van der Waals surface area contributed by atoms with Crippen molar-refractivity contribution in [2.24, 2.45) is 0 Å². The number of Topliss-reactive ketones (excluding diaryl/α,β-unsaturated/α-hetero) is 1. The van der Waals surface area contributed by atoms with Crippen molar-refractivity contribution in [3.8, 4) is 0 Å². The molecule has 7 heteroatoms. The Morgan fingerprint density at radius 1 is 0.838 bits per heavy atom. The molecule has 0 N–H and O–H groups in total. The summed E-state index contributed by atoms with van der Waals surface area (Å²) in [4.78, 5) is 26.1. The first-order valence-corrected chi connectivity index (χ1v) is 13.7. The third kappa shape index (κ3) is 7.57. The van der Waals surface area contributed by atoms with Crippen LogP contribution < -0.4 is 21.5 Å². The molecule has 1 heterocycles. The Labute approximate surface area is 236 Å². The Hall–Kier alpha value is -2.87. The van der Waals surface area contributed by atoms with E-state index in [1.54, 1.807) is 23.3 Å². The van der Waals surface area contributed by atoms with E-state index in [-0.39, 0.29) is 35.1 Å². The number of hydrogen-bond acceptors (Lipinski definition) is 5. The molecular weight excluding hydrogens is 566 g/mol. The second-order valence-electron chi connectivity index (χ2n) is 8.14. The van der Waals surface area contributed by atoms with Gasteiger partial charge in [0.2, 0.25) is 0 Å². The van der Waals surface area contributed by atoms with Crippen LogP contribution >= 0.6 is 23.5 Å². The number of halogens is 1. The minimum Gasteiger partial charge on any atom is -1.00 e. The SMILES string of the molecule is CCOC(=O)/C(=C(/SCC(=O)c1ccccc1)SCc1cccc2ccccc12)[n+]1ccc(C)cc1.[Br-]. The highest BCUT2D eigenvalue weighted by Crippen LogP contribution is 2.36. The van der Waals surface area contributed by atoms with Crippen LogP contribution in [-0.4, -0.2) is 24.1 Å². The van der Waals surface area contributed by atoms with Gasteiger partial charge < -0.3 is 21.7 Å². The van der Waals surface area contributed by atoms with Crippen molar-refractivity contribution in [1.29, 1.82) is 0 Å². The van der Waals surface area contributed by atoms with Crippen LogP contribution in [0.25, 0.3) is 16.5 Å². The van der Waals surface area contributed by atoms with Crippen molar-refractivity contribution in [3.63, 3.8) is 0 Å². The first-order chi connectivity index (χ1) is 17.6. The highest BCUT2D eigenvalue weighted by molar-refractivity contribution is 8.22. The lowest BCUT2D eigenvalue weighted by molar-refractivity contribution is -0.578. The number of ketones is 1. The molecule has 37 heavy (non-hydrogen) atoms. The van der Waals surface area contributed by atoms with Gasteiger partial charge in [-0.25, -0.2) is 4.79 Å². The lowest BCUT2D eigenvalue weighted by Gasteiger charge is -2.11. The maximum absolute atomic E-state index is 13.2. The normalized spacial score (nSPS) is 11.4. The number of fused-ring (bicyclic) bond motifs is 1. The molecule has 0 saturated heterocycles. The molecule has 0 bridgehead atoms. The number of pyridine rings is 1. The zero-order valence-corrected chi connectivity index (χ0v) is 23.9. The minimum absolute atomic E-state index is 0. The summed E-state index contributed by atoms with van der Waals surface area (Å²) < 4.78 is 7.99. The van der Waals surface area contributed by atoms with Crippen molar-refractivity contribution in [3.05, 3.63) is 118 Å². The molecule has 0 unspecified atom stereocenters. The van der Waals surface area contributed by atoms with Gasteiger partial charge in [-0.3, -0.25) is 4.79 Å². The first kappa shape index (κ1) is 28.7. The van der Waals surface area contributed by atoms with Gasteiger partial charge in [0.05, 0.1) is 12.4 Å². The fourth-order valence-electron chi connectivity index (χ4n) is 3.72. The van der Waals surface area contributed by atoms with E-state index in [0.29, 0.717) is 17.0 Å². The average molecular weight is 595 g/mol. The van der Waals surface area contributed by atoms with E-state index >= 15 is 0 Å². The lowest BCUT2D eigenvalue weighted by Crippen LogP contribution is -3.00. The third-order valence-electron chi connectivity index (χ3n) is 5.59. The molecule has 0 aliphatic heterocycles. The first-order valence-electron chi connectivity index (χ1n) is 11.8. The number of carbonyl (C=O) groups excluding carboxylic acids is 2. The van der Waals surface area contributed by atoms with Crippen LogP contribution in [0.1, 0.15) is 28.4 Å². The molecule has 0 radical (unpaired) electrons. The van der Waals surface area contributed by atoms with Gasteiger partial charge in [-0.15, -0.1) is 23.5 Å². The van der Waals surface area contributed by atoms with Crippen LogP contribution in [0.3, 0.4) is 0 Å². The minimum atomic E-state index is -0.411. The van der Waals surface area contributed by atoms with Crippen LogP contribution in [0.4, 0.5) is 0 Å². The summed E-state index contributed by atoms with van der Waals surface area (Å²) in [7, 11) is 0. The maximum atomic E-state index is 13.2. The van der Waals surface area contributed by atoms with E-state index in [1.165, 1.54) is 28.1 Å². The van der Waals surface area contributed by atoms with Crippen molar-refractivity contribution >= 4 is 51.7 Å². The molecule has 0 amide bonds. The zero-order chi connectivity index (χ0) is 25.3. The molecule has 0 aliphatic rings. The summed E-state index contributed by atoms with van der Waals surface area (Å²) in [6.07, 6.45) is 3.72. The van der Waals surface area contributed by atoms with E-state index in [0.717, 1.165) is 9.80 Å². The van der Waals surface area contributed by atoms with Crippen LogP contribution in [0.5, 0.6) is 0 Å². The number of nitrogens with zero attached hydrogens (tertiary/aromatic N) is 1. The second kappa shape index (κ2) is 14.2. The molecule has 4 rings (SSSR count).